The van der Waals surface area contributed by atoms with Crippen molar-refractivity contribution in [3.8, 4) is 11.4 Å². The Hall–Kier alpha value is -2.25. The molecule has 0 fully saturated rings. The summed E-state index contributed by atoms with van der Waals surface area (Å²) in [6.45, 7) is 0.733. The molecule has 118 valence electrons. The van der Waals surface area contributed by atoms with Crippen molar-refractivity contribution in [1.82, 2.24) is 20.2 Å². The molecule has 0 amide bonds. The van der Waals surface area contributed by atoms with E-state index in [4.69, 9.17) is 0 Å². The monoisotopic (exact) mass is 373 g/mol. The molecule has 0 saturated carbocycles. The minimum absolute atomic E-state index is 0.320. The van der Waals surface area contributed by atoms with Gasteiger partial charge in [0.1, 0.15) is 0 Å². The second-order valence-corrected chi connectivity index (χ2v) is 6.01. The van der Waals surface area contributed by atoms with Gasteiger partial charge in [-0.15, -0.1) is 5.10 Å². The molecule has 6 nitrogen and oxygen atoms in total. The Morgan fingerprint density at radius 1 is 1.09 bits per heavy atom. The highest BCUT2D eigenvalue weighted by atomic mass is 79.9. The molecule has 1 atom stereocenters. The lowest BCUT2D eigenvalue weighted by Crippen LogP contribution is -2.26. The summed E-state index contributed by atoms with van der Waals surface area (Å²) in [5.41, 5.74) is 1.87. The van der Waals surface area contributed by atoms with Gasteiger partial charge in [-0.25, -0.2) is 4.68 Å². The van der Waals surface area contributed by atoms with E-state index in [-0.39, 0.29) is 0 Å². The van der Waals surface area contributed by atoms with Crippen molar-refractivity contribution in [3.63, 3.8) is 0 Å². The Labute approximate surface area is 142 Å². The summed E-state index contributed by atoms with van der Waals surface area (Å²) in [6, 6.07) is 17.5. The van der Waals surface area contributed by atoms with Crippen LogP contribution in [0.3, 0.4) is 0 Å². The van der Waals surface area contributed by atoms with Crippen LogP contribution >= 0.6 is 15.9 Å². The molecule has 0 spiro atoms. The second-order valence-electron chi connectivity index (χ2n) is 5.09. The van der Waals surface area contributed by atoms with Crippen molar-refractivity contribution >= 4 is 21.6 Å². The molecule has 0 aliphatic carbocycles. The van der Waals surface area contributed by atoms with Crippen LogP contribution in [0.25, 0.3) is 11.4 Å². The average molecular weight is 374 g/mol. The maximum Gasteiger partial charge on any atom is 0.182 e. The lowest BCUT2D eigenvalue weighted by atomic mass is 10.2. The minimum atomic E-state index is -0.607. The molecule has 2 aromatic carbocycles. The zero-order chi connectivity index (χ0) is 16.1. The number of anilines is 1. The van der Waals surface area contributed by atoms with Gasteiger partial charge in [-0.1, -0.05) is 46.3 Å². The van der Waals surface area contributed by atoms with E-state index in [0.29, 0.717) is 18.9 Å². The Balaban J connectivity index is 1.61. The van der Waals surface area contributed by atoms with E-state index in [1.807, 2.05) is 54.6 Å². The summed E-state index contributed by atoms with van der Waals surface area (Å²) < 4.78 is 2.63. The van der Waals surface area contributed by atoms with Crippen LogP contribution in [-0.2, 0) is 6.54 Å². The van der Waals surface area contributed by atoms with Crippen molar-refractivity contribution in [1.29, 1.82) is 0 Å². The molecule has 3 rings (SSSR count). The number of aromatic nitrogens is 4. The van der Waals surface area contributed by atoms with Gasteiger partial charge in [0.15, 0.2) is 5.82 Å². The van der Waals surface area contributed by atoms with Crippen LogP contribution in [0.15, 0.2) is 59.1 Å². The minimum Gasteiger partial charge on any atom is -0.389 e. The number of nitrogens with one attached hydrogen (secondary N) is 1. The Kier molecular flexibility index (Phi) is 4.99. The van der Waals surface area contributed by atoms with E-state index in [0.717, 1.165) is 15.7 Å². The molecule has 23 heavy (non-hydrogen) atoms. The van der Waals surface area contributed by atoms with Crippen LogP contribution in [0.5, 0.6) is 0 Å². The highest BCUT2D eigenvalue weighted by molar-refractivity contribution is 9.10. The van der Waals surface area contributed by atoms with E-state index in [1.54, 1.807) is 4.68 Å². The number of tetrazole rings is 1. The fourth-order valence-electron chi connectivity index (χ4n) is 2.19. The molecule has 3 aromatic rings. The molecule has 1 unspecified atom stereocenters. The Bertz CT molecular complexity index is 745. The predicted molar refractivity (Wildman–Crippen MR) is 91.9 cm³/mol. The molecular weight excluding hydrogens is 358 g/mol. The highest BCUT2D eigenvalue weighted by Gasteiger charge is 2.12. The number of benzene rings is 2. The first kappa shape index (κ1) is 15.6. The van der Waals surface area contributed by atoms with E-state index in [1.165, 1.54) is 0 Å². The van der Waals surface area contributed by atoms with Crippen molar-refractivity contribution in [2.24, 2.45) is 0 Å². The van der Waals surface area contributed by atoms with E-state index in [2.05, 4.69) is 36.8 Å². The fourth-order valence-corrected chi connectivity index (χ4v) is 2.45. The van der Waals surface area contributed by atoms with Crippen LogP contribution in [0.2, 0.25) is 0 Å². The number of hydrogen-bond acceptors (Lipinski definition) is 5. The van der Waals surface area contributed by atoms with Gasteiger partial charge < -0.3 is 10.4 Å². The summed E-state index contributed by atoms with van der Waals surface area (Å²) in [5.74, 6) is 0.647. The first-order valence-corrected chi connectivity index (χ1v) is 8.01. The third-order valence-corrected chi connectivity index (χ3v) is 3.86. The van der Waals surface area contributed by atoms with E-state index < -0.39 is 6.10 Å². The summed E-state index contributed by atoms with van der Waals surface area (Å²) >= 11 is 3.39. The summed E-state index contributed by atoms with van der Waals surface area (Å²) in [5, 5.41) is 25.1. The maximum atomic E-state index is 10.2. The molecule has 2 N–H and O–H groups in total. The summed E-state index contributed by atoms with van der Waals surface area (Å²) in [7, 11) is 0. The standard InChI is InChI=1S/C16H16BrN5O/c17-13-6-8-14(9-7-13)18-10-15(23)11-22-16(19-20-21-22)12-4-2-1-3-5-12/h1-9,15,18,23H,10-11H2. The SMILES string of the molecule is OC(CNc1ccc(Br)cc1)Cn1nnnc1-c1ccccc1. The van der Waals surface area contributed by atoms with Crippen LogP contribution in [0.4, 0.5) is 5.69 Å². The van der Waals surface area contributed by atoms with Gasteiger partial charge >= 0.3 is 0 Å². The number of rotatable bonds is 6. The molecule has 0 aliphatic heterocycles. The second kappa shape index (κ2) is 7.34. The summed E-state index contributed by atoms with van der Waals surface area (Å²) in [4.78, 5) is 0. The predicted octanol–water partition coefficient (Wildman–Crippen LogP) is 2.58. The number of hydrogen-bond donors (Lipinski definition) is 2. The molecule has 0 saturated heterocycles. The van der Waals surface area contributed by atoms with Gasteiger partial charge in [0, 0.05) is 22.3 Å². The molecule has 0 bridgehead atoms. The van der Waals surface area contributed by atoms with Crippen LogP contribution in [-0.4, -0.2) is 38.0 Å². The molecule has 0 aliphatic rings. The number of aliphatic hydroxyl groups excluding tert-OH is 1. The lowest BCUT2D eigenvalue weighted by molar-refractivity contribution is 0.161. The highest BCUT2D eigenvalue weighted by Crippen LogP contribution is 2.16. The third kappa shape index (κ3) is 4.14. The maximum absolute atomic E-state index is 10.2. The van der Waals surface area contributed by atoms with Crippen molar-refractivity contribution in [2.45, 2.75) is 12.6 Å². The van der Waals surface area contributed by atoms with Gasteiger partial charge in [-0.3, -0.25) is 0 Å². The number of nitrogens with zero attached hydrogens (tertiary/aromatic N) is 4. The quantitative estimate of drug-likeness (QED) is 0.694. The van der Waals surface area contributed by atoms with Gasteiger partial charge in [0.2, 0.25) is 0 Å². The van der Waals surface area contributed by atoms with Crippen molar-refractivity contribution in [2.75, 3.05) is 11.9 Å². The van der Waals surface area contributed by atoms with E-state index >= 15 is 0 Å². The number of halogens is 1. The average Bonchev–Trinajstić information content (AvgIpc) is 3.03. The van der Waals surface area contributed by atoms with Crippen molar-refractivity contribution in [3.05, 3.63) is 59.1 Å². The fraction of sp³-hybridized carbons (Fsp3) is 0.188. The third-order valence-electron chi connectivity index (χ3n) is 3.33. The normalized spacial score (nSPS) is 12.1. The first-order chi connectivity index (χ1) is 11.2. The molecule has 1 aromatic heterocycles. The van der Waals surface area contributed by atoms with Crippen LogP contribution in [0, 0.1) is 0 Å². The molecule has 0 radical (unpaired) electrons. The van der Waals surface area contributed by atoms with Crippen LogP contribution in [0.1, 0.15) is 0 Å². The Morgan fingerprint density at radius 2 is 1.83 bits per heavy atom. The zero-order valence-electron chi connectivity index (χ0n) is 12.3. The van der Waals surface area contributed by atoms with Crippen molar-refractivity contribution < 1.29 is 5.11 Å². The smallest absolute Gasteiger partial charge is 0.182 e. The van der Waals surface area contributed by atoms with Gasteiger partial charge in [-0.05, 0) is 34.7 Å². The molecular formula is C16H16BrN5O. The Morgan fingerprint density at radius 3 is 2.57 bits per heavy atom. The molecule has 7 heteroatoms. The largest absolute Gasteiger partial charge is 0.389 e. The van der Waals surface area contributed by atoms with Gasteiger partial charge in [0.25, 0.3) is 0 Å². The van der Waals surface area contributed by atoms with Gasteiger partial charge in [-0.2, -0.15) is 0 Å². The van der Waals surface area contributed by atoms with Gasteiger partial charge in [0.05, 0.1) is 12.6 Å². The lowest BCUT2D eigenvalue weighted by Gasteiger charge is -2.13. The topological polar surface area (TPSA) is 75.9 Å². The zero-order valence-corrected chi connectivity index (χ0v) is 13.9. The summed E-state index contributed by atoms with van der Waals surface area (Å²) in [6.07, 6.45) is -0.607. The van der Waals surface area contributed by atoms with Crippen LogP contribution < -0.4 is 5.32 Å². The number of aliphatic hydroxyl groups is 1. The molecule has 1 heterocycles. The first-order valence-electron chi connectivity index (χ1n) is 7.21. The van der Waals surface area contributed by atoms with E-state index in [9.17, 15) is 5.11 Å².